The number of benzene rings is 1. The summed E-state index contributed by atoms with van der Waals surface area (Å²) in [6.07, 6.45) is 3.92. The summed E-state index contributed by atoms with van der Waals surface area (Å²) in [5.74, 6) is 1.80. The molecule has 1 aliphatic carbocycles. The molecule has 0 amide bonds. The van der Waals surface area contributed by atoms with E-state index in [-0.39, 0.29) is 0 Å². The summed E-state index contributed by atoms with van der Waals surface area (Å²) in [5, 5.41) is 7.46. The van der Waals surface area contributed by atoms with Crippen molar-refractivity contribution in [3.8, 4) is 0 Å². The number of nitrogens with zero attached hydrogens (tertiary/aromatic N) is 2. The van der Waals surface area contributed by atoms with E-state index in [4.69, 9.17) is 4.74 Å². The lowest BCUT2D eigenvalue weighted by molar-refractivity contribution is 0.0525. The summed E-state index contributed by atoms with van der Waals surface area (Å²) in [4.78, 5) is 4.66. The SMILES string of the molecule is Cc1nc2ccccc2n1CCNC1CCCC1C1COCCN1. The van der Waals surface area contributed by atoms with Gasteiger partial charge in [-0.1, -0.05) is 18.6 Å². The minimum absolute atomic E-state index is 0.523. The predicted molar refractivity (Wildman–Crippen MR) is 96.2 cm³/mol. The molecule has 130 valence electrons. The second-order valence-electron chi connectivity index (χ2n) is 7.09. The molecule has 0 radical (unpaired) electrons. The highest BCUT2D eigenvalue weighted by molar-refractivity contribution is 5.75. The van der Waals surface area contributed by atoms with Gasteiger partial charge in [0.2, 0.25) is 0 Å². The average Bonchev–Trinajstić information content (AvgIpc) is 3.20. The summed E-state index contributed by atoms with van der Waals surface area (Å²) in [5.41, 5.74) is 2.33. The van der Waals surface area contributed by atoms with Crippen LogP contribution in [0.5, 0.6) is 0 Å². The summed E-state index contributed by atoms with van der Waals surface area (Å²) < 4.78 is 8.00. The minimum atomic E-state index is 0.523. The Labute approximate surface area is 143 Å². The van der Waals surface area contributed by atoms with Gasteiger partial charge < -0.3 is 19.9 Å². The largest absolute Gasteiger partial charge is 0.379 e. The Morgan fingerprint density at radius 3 is 3.12 bits per heavy atom. The van der Waals surface area contributed by atoms with Crippen molar-refractivity contribution in [3.05, 3.63) is 30.1 Å². The number of hydrogen-bond acceptors (Lipinski definition) is 4. The molecule has 0 spiro atoms. The first-order valence-corrected chi connectivity index (χ1v) is 9.29. The lowest BCUT2D eigenvalue weighted by atomic mass is 9.94. The highest BCUT2D eigenvalue weighted by Crippen LogP contribution is 2.29. The molecular formula is C19H28N4O. The molecule has 5 nitrogen and oxygen atoms in total. The smallest absolute Gasteiger partial charge is 0.106 e. The molecule has 24 heavy (non-hydrogen) atoms. The third kappa shape index (κ3) is 3.21. The molecule has 1 aliphatic heterocycles. The molecule has 5 heteroatoms. The van der Waals surface area contributed by atoms with Crippen LogP contribution in [0, 0.1) is 12.8 Å². The maximum Gasteiger partial charge on any atom is 0.106 e. The zero-order valence-corrected chi connectivity index (χ0v) is 14.5. The number of morpholine rings is 1. The van der Waals surface area contributed by atoms with E-state index in [9.17, 15) is 0 Å². The predicted octanol–water partition coefficient (Wildman–Crippen LogP) is 2.09. The van der Waals surface area contributed by atoms with E-state index >= 15 is 0 Å². The quantitative estimate of drug-likeness (QED) is 0.882. The van der Waals surface area contributed by atoms with Gasteiger partial charge in [-0.05, 0) is 37.8 Å². The van der Waals surface area contributed by atoms with Crippen LogP contribution < -0.4 is 10.6 Å². The molecule has 0 bridgehead atoms. The first-order valence-electron chi connectivity index (χ1n) is 9.29. The van der Waals surface area contributed by atoms with E-state index in [2.05, 4.69) is 51.4 Å². The fourth-order valence-electron chi connectivity index (χ4n) is 4.42. The molecule has 1 aromatic carbocycles. The van der Waals surface area contributed by atoms with Crippen LogP contribution in [-0.4, -0.2) is 47.9 Å². The van der Waals surface area contributed by atoms with Crippen molar-refractivity contribution in [1.29, 1.82) is 0 Å². The van der Waals surface area contributed by atoms with Crippen molar-refractivity contribution in [2.45, 2.75) is 44.8 Å². The van der Waals surface area contributed by atoms with Gasteiger partial charge in [-0.15, -0.1) is 0 Å². The molecule has 4 rings (SSSR count). The standard InChI is InChI=1S/C19H28N4O/c1-14-22-17-6-2-3-8-19(17)23(14)11-9-20-16-7-4-5-15(16)18-13-24-12-10-21-18/h2-3,6,8,15-16,18,20-21H,4-5,7,9-13H2,1H3. The minimum Gasteiger partial charge on any atom is -0.379 e. The van der Waals surface area contributed by atoms with E-state index in [1.807, 2.05) is 0 Å². The monoisotopic (exact) mass is 328 g/mol. The lowest BCUT2D eigenvalue weighted by Gasteiger charge is -2.33. The van der Waals surface area contributed by atoms with Crippen LogP contribution in [0.1, 0.15) is 25.1 Å². The molecule has 2 heterocycles. The molecule has 3 unspecified atom stereocenters. The summed E-state index contributed by atoms with van der Waals surface area (Å²) >= 11 is 0. The average molecular weight is 328 g/mol. The van der Waals surface area contributed by atoms with Crippen LogP contribution in [0.2, 0.25) is 0 Å². The van der Waals surface area contributed by atoms with E-state index < -0.39 is 0 Å². The van der Waals surface area contributed by atoms with Gasteiger partial charge in [-0.2, -0.15) is 0 Å². The fourth-order valence-corrected chi connectivity index (χ4v) is 4.42. The van der Waals surface area contributed by atoms with Crippen molar-refractivity contribution in [3.63, 3.8) is 0 Å². The number of aryl methyl sites for hydroxylation is 1. The van der Waals surface area contributed by atoms with Crippen molar-refractivity contribution in [1.82, 2.24) is 20.2 Å². The number of imidazole rings is 1. The van der Waals surface area contributed by atoms with Crippen LogP contribution >= 0.6 is 0 Å². The van der Waals surface area contributed by atoms with Gasteiger partial charge >= 0.3 is 0 Å². The first kappa shape index (κ1) is 16.1. The molecule has 1 saturated heterocycles. The number of para-hydroxylation sites is 2. The van der Waals surface area contributed by atoms with Gasteiger partial charge in [0.25, 0.3) is 0 Å². The van der Waals surface area contributed by atoms with Gasteiger partial charge in [0.05, 0.1) is 24.2 Å². The first-order chi connectivity index (χ1) is 11.8. The number of fused-ring (bicyclic) bond motifs is 1. The molecule has 2 aromatic rings. The van der Waals surface area contributed by atoms with Crippen LogP contribution in [0.4, 0.5) is 0 Å². The van der Waals surface area contributed by atoms with Crippen molar-refractivity contribution in [2.75, 3.05) is 26.3 Å². The van der Waals surface area contributed by atoms with Crippen LogP contribution in [-0.2, 0) is 11.3 Å². The number of hydrogen-bond donors (Lipinski definition) is 2. The van der Waals surface area contributed by atoms with Crippen molar-refractivity contribution in [2.24, 2.45) is 5.92 Å². The topological polar surface area (TPSA) is 51.1 Å². The second-order valence-corrected chi connectivity index (χ2v) is 7.09. The Balaban J connectivity index is 1.37. The molecule has 1 saturated carbocycles. The van der Waals surface area contributed by atoms with E-state index in [1.165, 1.54) is 24.8 Å². The zero-order chi connectivity index (χ0) is 16.4. The summed E-state index contributed by atoms with van der Waals surface area (Å²) in [6, 6.07) is 9.54. The summed E-state index contributed by atoms with van der Waals surface area (Å²) in [6.45, 7) is 6.79. The maximum absolute atomic E-state index is 5.67. The van der Waals surface area contributed by atoms with Gasteiger partial charge in [-0.3, -0.25) is 0 Å². The Morgan fingerprint density at radius 2 is 2.25 bits per heavy atom. The highest BCUT2D eigenvalue weighted by atomic mass is 16.5. The third-order valence-corrected chi connectivity index (χ3v) is 5.62. The van der Waals surface area contributed by atoms with Gasteiger partial charge in [0.15, 0.2) is 0 Å². The van der Waals surface area contributed by atoms with Crippen LogP contribution in [0.15, 0.2) is 24.3 Å². The Kier molecular flexibility index (Phi) is 4.83. The Morgan fingerprint density at radius 1 is 1.33 bits per heavy atom. The maximum atomic E-state index is 5.67. The number of aromatic nitrogens is 2. The Bertz CT molecular complexity index is 677. The number of ether oxygens (including phenoxy) is 1. The molecule has 2 aliphatic rings. The van der Waals surface area contributed by atoms with E-state index in [1.54, 1.807) is 0 Å². The number of rotatable bonds is 5. The normalized spacial score (nSPS) is 27.8. The second kappa shape index (κ2) is 7.21. The Hall–Kier alpha value is -1.43. The molecule has 3 atom stereocenters. The molecule has 2 fully saturated rings. The van der Waals surface area contributed by atoms with Gasteiger partial charge in [-0.25, -0.2) is 4.98 Å². The molecule has 1 aromatic heterocycles. The van der Waals surface area contributed by atoms with Crippen molar-refractivity contribution >= 4 is 11.0 Å². The van der Waals surface area contributed by atoms with E-state index in [0.717, 1.165) is 44.2 Å². The van der Waals surface area contributed by atoms with Crippen LogP contribution in [0.3, 0.4) is 0 Å². The van der Waals surface area contributed by atoms with Gasteiger partial charge in [0.1, 0.15) is 5.82 Å². The van der Waals surface area contributed by atoms with Crippen molar-refractivity contribution < 1.29 is 4.74 Å². The fraction of sp³-hybridized carbons (Fsp3) is 0.632. The van der Waals surface area contributed by atoms with Crippen LogP contribution in [0.25, 0.3) is 11.0 Å². The lowest BCUT2D eigenvalue weighted by Crippen LogP contribution is -2.51. The zero-order valence-electron chi connectivity index (χ0n) is 14.5. The van der Waals surface area contributed by atoms with E-state index in [0.29, 0.717) is 18.0 Å². The summed E-state index contributed by atoms with van der Waals surface area (Å²) in [7, 11) is 0. The molecule has 2 N–H and O–H groups in total. The highest BCUT2D eigenvalue weighted by Gasteiger charge is 2.34. The third-order valence-electron chi connectivity index (χ3n) is 5.62. The number of nitrogens with one attached hydrogen (secondary N) is 2. The van der Waals surface area contributed by atoms with Gasteiger partial charge in [0, 0.05) is 31.7 Å². The molecular weight excluding hydrogens is 300 g/mol.